The van der Waals surface area contributed by atoms with Gasteiger partial charge in [0.05, 0.1) is 0 Å². The highest BCUT2D eigenvalue weighted by Gasteiger charge is 2.42. The molecule has 0 radical (unpaired) electrons. The van der Waals surface area contributed by atoms with Crippen molar-refractivity contribution in [2.45, 2.75) is 50.1 Å². The van der Waals surface area contributed by atoms with Crippen LogP contribution in [-0.2, 0) is 4.79 Å². The fourth-order valence-electron chi connectivity index (χ4n) is 4.70. The monoisotopic (exact) mass is 469 g/mol. The molecular weight excluding hydrogens is 437 g/mol. The summed E-state index contributed by atoms with van der Waals surface area (Å²) in [5.74, 6) is -0.219. The minimum absolute atomic E-state index is 0.141. The summed E-state index contributed by atoms with van der Waals surface area (Å²) in [6.07, 6.45) is 4.67. The van der Waals surface area contributed by atoms with Crippen molar-refractivity contribution in [2.24, 2.45) is 0 Å². The van der Waals surface area contributed by atoms with Gasteiger partial charge in [0.2, 0.25) is 5.91 Å². The van der Waals surface area contributed by atoms with Crippen LogP contribution in [0.25, 0.3) is 0 Å². The van der Waals surface area contributed by atoms with Crippen molar-refractivity contribution in [2.75, 3.05) is 25.4 Å². The van der Waals surface area contributed by atoms with E-state index in [-0.39, 0.29) is 17.6 Å². The van der Waals surface area contributed by atoms with Gasteiger partial charge >= 0.3 is 0 Å². The van der Waals surface area contributed by atoms with Gasteiger partial charge in [-0.05, 0) is 62.6 Å². The Balaban J connectivity index is 1.43. The van der Waals surface area contributed by atoms with Gasteiger partial charge in [0.25, 0.3) is 5.91 Å². The number of hydrogen-bond donors (Lipinski definition) is 1. The third-order valence-electron chi connectivity index (χ3n) is 6.55. The number of carbonyl (C=O) groups is 2. The van der Waals surface area contributed by atoms with Gasteiger partial charge in [-0.15, -0.1) is 11.8 Å². The van der Waals surface area contributed by atoms with E-state index in [4.69, 9.17) is 0 Å². The van der Waals surface area contributed by atoms with Gasteiger partial charge in [-0.2, -0.15) is 0 Å². The second kappa shape index (κ2) is 11.2. The molecule has 1 N–H and O–H groups in total. The van der Waals surface area contributed by atoms with Crippen LogP contribution < -0.4 is 5.32 Å². The van der Waals surface area contributed by atoms with Crippen LogP contribution in [-0.4, -0.2) is 59.1 Å². The predicted molar refractivity (Wildman–Crippen MR) is 131 cm³/mol. The Morgan fingerprint density at radius 1 is 1.12 bits per heavy atom. The summed E-state index contributed by atoms with van der Waals surface area (Å²) in [5, 5.41) is 2.65. The molecule has 2 aromatic carbocycles. The van der Waals surface area contributed by atoms with Crippen molar-refractivity contribution >= 4 is 23.6 Å². The normalized spacial score (nSPS) is 23.5. The average Bonchev–Trinajstić information content (AvgIpc) is 3.28. The average molecular weight is 470 g/mol. The number of nitrogens with one attached hydrogen (secondary N) is 1. The zero-order valence-corrected chi connectivity index (χ0v) is 19.9. The lowest BCUT2D eigenvalue weighted by Crippen LogP contribution is -2.48. The van der Waals surface area contributed by atoms with Crippen LogP contribution in [0.4, 0.5) is 4.39 Å². The van der Waals surface area contributed by atoms with E-state index in [9.17, 15) is 14.0 Å². The SMILES string of the molecule is CC1CCCCN1CCCNC(=O)C1CSC(c2cccc(F)c2)N1C(=O)c1ccccc1. The van der Waals surface area contributed by atoms with E-state index in [2.05, 4.69) is 17.1 Å². The molecule has 0 aromatic heterocycles. The highest BCUT2D eigenvalue weighted by atomic mass is 32.2. The number of rotatable bonds is 7. The van der Waals surface area contributed by atoms with Crippen molar-refractivity contribution in [3.63, 3.8) is 0 Å². The Labute approximate surface area is 199 Å². The van der Waals surface area contributed by atoms with E-state index in [1.54, 1.807) is 23.1 Å². The van der Waals surface area contributed by atoms with Crippen molar-refractivity contribution in [3.05, 3.63) is 71.5 Å². The molecule has 0 bridgehead atoms. The van der Waals surface area contributed by atoms with E-state index < -0.39 is 11.4 Å². The van der Waals surface area contributed by atoms with Crippen LogP contribution >= 0.6 is 11.8 Å². The summed E-state index contributed by atoms with van der Waals surface area (Å²) in [5.41, 5.74) is 1.22. The Morgan fingerprint density at radius 3 is 2.70 bits per heavy atom. The Kier molecular flexibility index (Phi) is 8.04. The molecule has 2 saturated heterocycles. The van der Waals surface area contributed by atoms with Crippen LogP contribution in [0.5, 0.6) is 0 Å². The first-order chi connectivity index (χ1) is 16.0. The fourth-order valence-corrected chi connectivity index (χ4v) is 6.12. The van der Waals surface area contributed by atoms with E-state index >= 15 is 0 Å². The molecule has 2 heterocycles. The van der Waals surface area contributed by atoms with E-state index in [0.29, 0.717) is 29.5 Å². The molecule has 2 aliphatic heterocycles. The third-order valence-corrected chi connectivity index (χ3v) is 7.88. The van der Waals surface area contributed by atoms with Gasteiger partial charge in [0, 0.05) is 30.4 Å². The van der Waals surface area contributed by atoms with Gasteiger partial charge in [-0.1, -0.05) is 36.8 Å². The molecule has 3 atom stereocenters. The van der Waals surface area contributed by atoms with Crippen molar-refractivity contribution < 1.29 is 14.0 Å². The Hall–Kier alpha value is -2.38. The number of carbonyl (C=O) groups excluding carboxylic acids is 2. The first-order valence-electron chi connectivity index (χ1n) is 11.8. The smallest absolute Gasteiger partial charge is 0.255 e. The van der Waals surface area contributed by atoms with Crippen LogP contribution in [0.1, 0.15) is 53.9 Å². The van der Waals surface area contributed by atoms with Crippen LogP contribution in [0.2, 0.25) is 0 Å². The summed E-state index contributed by atoms with van der Waals surface area (Å²) in [4.78, 5) is 30.7. The van der Waals surface area contributed by atoms with E-state index in [1.165, 1.54) is 43.2 Å². The molecule has 2 amide bonds. The van der Waals surface area contributed by atoms with E-state index in [0.717, 1.165) is 19.5 Å². The number of hydrogen-bond acceptors (Lipinski definition) is 4. The number of thioether (sulfide) groups is 1. The predicted octanol–water partition coefficient (Wildman–Crippen LogP) is 4.46. The van der Waals surface area contributed by atoms with Crippen molar-refractivity contribution in [3.8, 4) is 0 Å². The molecule has 2 aliphatic rings. The Bertz CT molecular complexity index is 958. The molecule has 3 unspecified atom stereocenters. The minimum atomic E-state index is -0.593. The van der Waals surface area contributed by atoms with Crippen LogP contribution in [0.15, 0.2) is 54.6 Å². The fraction of sp³-hybridized carbons (Fsp3) is 0.462. The molecule has 0 aliphatic carbocycles. The lowest BCUT2D eigenvalue weighted by atomic mass is 10.0. The van der Waals surface area contributed by atoms with Crippen LogP contribution in [0, 0.1) is 5.82 Å². The molecule has 176 valence electrons. The summed E-state index contributed by atoms with van der Waals surface area (Å²) < 4.78 is 13.9. The van der Waals surface area contributed by atoms with Crippen molar-refractivity contribution in [1.82, 2.24) is 15.1 Å². The maximum Gasteiger partial charge on any atom is 0.255 e. The zero-order valence-electron chi connectivity index (χ0n) is 19.1. The van der Waals surface area contributed by atoms with E-state index in [1.807, 2.05) is 24.3 Å². The number of amides is 2. The zero-order chi connectivity index (χ0) is 23.2. The summed E-state index contributed by atoms with van der Waals surface area (Å²) in [7, 11) is 0. The highest BCUT2D eigenvalue weighted by Crippen LogP contribution is 2.42. The first kappa shape index (κ1) is 23.8. The van der Waals surface area contributed by atoms with Crippen LogP contribution in [0.3, 0.4) is 0 Å². The number of likely N-dealkylation sites (tertiary alicyclic amines) is 1. The first-order valence-corrected chi connectivity index (χ1v) is 12.9. The lowest BCUT2D eigenvalue weighted by Gasteiger charge is -2.33. The largest absolute Gasteiger partial charge is 0.354 e. The molecule has 33 heavy (non-hydrogen) atoms. The minimum Gasteiger partial charge on any atom is -0.354 e. The highest BCUT2D eigenvalue weighted by molar-refractivity contribution is 7.99. The molecule has 2 aromatic rings. The second-order valence-electron chi connectivity index (χ2n) is 8.86. The molecule has 0 saturated carbocycles. The standard InChI is InChI=1S/C26H32FN3O2S/c1-19-9-5-6-15-29(19)16-8-14-28-24(31)23-18-33-26(21-12-7-13-22(27)17-21)30(23)25(32)20-10-3-2-4-11-20/h2-4,7,10-13,17,19,23,26H,5-6,8-9,14-16,18H2,1H3,(H,28,31). The third kappa shape index (κ3) is 5.76. The summed E-state index contributed by atoms with van der Waals surface area (Å²) in [6.45, 7) is 4.96. The number of benzene rings is 2. The molecule has 7 heteroatoms. The maximum atomic E-state index is 13.9. The molecule has 5 nitrogen and oxygen atoms in total. The molecule has 0 spiro atoms. The maximum absolute atomic E-state index is 13.9. The number of piperidine rings is 1. The Morgan fingerprint density at radius 2 is 1.94 bits per heavy atom. The van der Waals surface area contributed by atoms with Gasteiger partial charge in [-0.3, -0.25) is 9.59 Å². The van der Waals surface area contributed by atoms with Gasteiger partial charge < -0.3 is 15.1 Å². The topological polar surface area (TPSA) is 52.7 Å². The number of nitrogens with zero attached hydrogens (tertiary/aromatic N) is 2. The summed E-state index contributed by atoms with van der Waals surface area (Å²) in [6, 6.07) is 15.3. The lowest BCUT2D eigenvalue weighted by molar-refractivity contribution is -0.124. The molecular formula is C26H32FN3O2S. The van der Waals surface area contributed by atoms with Gasteiger partial charge in [0.1, 0.15) is 17.2 Å². The molecule has 2 fully saturated rings. The van der Waals surface area contributed by atoms with Crippen molar-refractivity contribution in [1.29, 1.82) is 0 Å². The number of halogens is 1. The summed E-state index contributed by atoms with van der Waals surface area (Å²) >= 11 is 1.50. The molecule has 4 rings (SSSR count). The second-order valence-corrected chi connectivity index (χ2v) is 9.97. The van der Waals surface area contributed by atoms with Gasteiger partial charge in [0.15, 0.2) is 0 Å². The van der Waals surface area contributed by atoms with Gasteiger partial charge in [-0.25, -0.2) is 4.39 Å². The quantitative estimate of drug-likeness (QED) is 0.609.